The predicted molar refractivity (Wildman–Crippen MR) is 131 cm³/mol. The smallest absolute Gasteiger partial charge is 0.275 e. The molecule has 0 heterocycles. The van der Waals surface area contributed by atoms with Crippen molar-refractivity contribution in [2.75, 3.05) is 7.11 Å². The van der Waals surface area contributed by atoms with E-state index < -0.39 is 16.6 Å². The molecule has 0 unspecified atom stereocenters. The Hall–Kier alpha value is -3.38. The summed E-state index contributed by atoms with van der Waals surface area (Å²) in [5.41, 5.74) is 3.20. The number of rotatable bonds is 8. The lowest BCUT2D eigenvalue weighted by molar-refractivity contribution is -0.384. The van der Waals surface area contributed by atoms with Crippen LogP contribution in [0.1, 0.15) is 21.5 Å². The number of carbonyl (C=O) groups excluding carboxylic acids is 1. The maximum Gasteiger partial charge on any atom is 0.275 e. The average molecular weight is 582 g/mol. The molecule has 0 atom stereocenters. The third kappa shape index (κ3) is 6.33. The number of aromatic hydroxyl groups is 1. The fraction of sp³-hybridized carbons (Fsp3) is 0.0909. The van der Waals surface area contributed by atoms with Crippen LogP contribution in [0.25, 0.3) is 0 Å². The van der Waals surface area contributed by atoms with Crippen LogP contribution in [0.15, 0.2) is 59.7 Å². The molecule has 9 nitrogen and oxygen atoms in total. The van der Waals surface area contributed by atoms with Crippen LogP contribution >= 0.6 is 34.2 Å². The van der Waals surface area contributed by atoms with E-state index in [1.54, 1.807) is 24.3 Å². The highest BCUT2D eigenvalue weighted by Gasteiger charge is 2.16. The molecule has 0 aliphatic carbocycles. The molecular formula is C22H17ClIN3O6. The Morgan fingerprint density at radius 1 is 1.24 bits per heavy atom. The monoisotopic (exact) mass is 581 g/mol. The van der Waals surface area contributed by atoms with Crippen molar-refractivity contribution in [2.24, 2.45) is 5.10 Å². The summed E-state index contributed by atoms with van der Waals surface area (Å²) in [6.07, 6.45) is 1.37. The molecule has 1 amide bonds. The Morgan fingerprint density at radius 3 is 2.64 bits per heavy atom. The summed E-state index contributed by atoms with van der Waals surface area (Å²) in [5.74, 6) is -0.167. The zero-order valence-electron chi connectivity index (χ0n) is 17.1. The van der Waals surface area contributed by atoms with Gasteiger partial charge in [-0.25, -0.2) is 5.43 Å². The van der Waals surface area contributed by atoms with Gasteiger partial charge in [0, 0.05) is 17.2 Å². The Labute approximate surface area is 207 Å². The van der Waals surface area contributed by atoms with Crippen LogP contribution in [0, 0.1) is 13.7 Å². The van der Waals surface area contributed by atoms with Crippen LogP contribution in [0.3, 0.4) is 0 Å². The normalized spacial score (nSPS) is 10.8. The number of amides is 1. The Kier molecular flexibility index (Phi) is 8.06. The van der Waals surface area contributed by atoms with Gasteiger partial charge in [0.1, 0.15) is 12.4 Å². The molecule has 0 aliphatic heterocycles. The minimum Gasteiger partial charge on any atom is -0.507 e. The lowest BCUT2D eigenvalue weighted by Gasteiger charge is -2.13. The predicted octanol–water partition coefficient (Wildman–Crippen LogP) is 4.91. The van der Waals surface area contributed by atoms with E-state index in [9.17, 15) is 20.0 Å². The van der Waals surface area contributed by atoms with E-state index in [1.165, 1.54) is 13.3 Å². The van der Waals surface area contributed by atoms with Gasteiger partial charge in [-0.3, -0.25) is 14.9 Å². The van der Waals surface area contributed by atoms with E-state index >= 15 is 0 Å². The van der Waals surface area contributed by atoms with Crippen LogP contribution in [0.2, 0.25) is 5.02 Å². The van der Waals surface area contributed by atoms with Gasteiger partial charge < -0.3 is 14.6 Å². The molecule has 0 saturated carbocycles. The first-order valence-electron chi connectivity index (χ1n) is 9.34. The van der Waals surface area contributed by atoms with Crippen LogP contribution in [-0.4, -0.2) is 29.3 Å². The molecular weight excluding hydrogens is 565 g/mol. The molecule has 3 aromatic carbocycles. The highest BCUT2D eigenvalue weighted by atomic mass is 127. The first-order valence-corrected chi connectivity index (χ1v) is 10.8. The number of phenols is 1. The quantitative estimate of drug-likeness (QED) is 0.169. The third-order valence-corrected chi connectivity index (χ3v) is 5.42. The topological polar surface area (TPSA) is 123 Å². The highest BCUT2D eigenvalue weighted by Crippen LogP contribution is 2.34. The van der Waals surface area contributed by atoms with E-state index in [2.05, 4.69) is 33.1 Å². The number of methoxy groups -OCH3 is 1. The minimum atomic E-state index is -0.794. The van der Waals surface area contributed by atoms with Gasteiger partial charge in [0.15, 0.2) is 11.5 Å². The number of hydrogen-bond donors (Lipinski definition) is 2. The number of hydrazone groups is 1. The maximum absolute atomic E-state index is 12.3. The molecule has 3 aromatic rings. The zero-order valence-corrected chi connectivity index (χ0v) is 20.0. The lowest BCUT2D eigenvalue weighted by Crippen LogP contribution is -2.18. The molecule has 0 bridgehead atoms. The SMILES string of the molecule is COc1cc(/C=N\NC(=O)c2cc([N+](=O)[O-])ccc2O)cc(I)c1OCc1ccc(Cl)cc1. The number of benzene rings is 3. The zero-order chi connectivity index (χ0) is 24.0. The molecule has 33 heavy (non-hydrogen) atoms. The van der Waals surface area contributed by atoms with Crippen LogP contribution in [0.5, 0.6) is 17.2 Å². The summed E-state index contributed by atoms with van der Waals surface area (Å²) in [6.45, 7) is 0.319. The van der Waals surface area contributed by atoms with Crippen LogP contribution < -0.4 is 14.9 Å². The van der Waals surface area contributed by atoms with Crippen molar-refractivity contribution in [3.05, 3.63) is 90.0 Å². The second kappa shape index (κ2) is 11.0. The van der Waals surface area contributed by atoms with Gasteiger partial charge >= 0.3 is 0 Å². The maximum atomic E-state index is 12.3. The molecule has 0 spiro atoms. The van der Waals surface area contributed by atoms with E-state index in [1.807, 2.05) is 12.1 Å². The second-order valence-corrected chi connectivity index (χ2v) is 8.21. The fourth-order valence-corrected chi connectivity index (χ4v) is 3.64. The molecule has 0 saturated heterocycles. The second-order valence-electron chi connectivity index (χ2n) is 6.61. The molecule has 0 aliphatic rings. The van der Waals surface area contributed by atoms with Crippen molar-refractivity contribution in [3.63, 3.8) is 0 Å². The van der Waals surface area contributed by atoms with E-state index in [-0.39, 0.29) is 11.3 Å². The van der Waals surface area contributed by atoms with Crippen molar-refractivity contribution >= 4 is 52.0 Å². The Morgan fingerprint density at radius 2 is 1.97 bits per heavy atom. The number of nitrogens with one attached hydrogen (secondary N) is 1. The Balaban J connectivity index is 1.71. The largest absolute Gasteiger partial charge is 0.507 e. The standard InChI is InChI=1S/C22H17ClIN3O6/c1-32-20-9-14(8-18(24)21(20)33-12-13-2-4-15(23)5-3-13)11-25-26-22(29)17-10-16(27(30)31)6-7-19(17)28/h2-11,28H,12H2,1H3,(H,26,29)/b25-11-. The Bertz CT molecular complexity index is 1220. The van der Waals surface area contributed by atoms with Gasteiger partial charge in [0.25, 0.3) is 11.6 Å². The van der Waals surface area contributed by atoms with Gasteiger partial charge in [0.05, 0.1) is 27.4 Å². The van der Waals surface area contributed by atoms with Crippen molar-refractivity contribution in [1.29, 1.82) is 0 Å². The third-order valence-electron chi connectivity index (χ3n) is 4.36. The number of nitro groups is 1. The van der Waals surface area contributed by atoms with E-state index in [0.717, 1.165) is 27.3 Å². The number of ether oxygens (including phenoxy) is 2. The molecule has 0 aromatic heterocycles. The lowest BCUT2D eigenvalue weighted by atomic mass is 10.1. The summed E-state index contributed by atoms with van der Waals surface area (Å²) in [6, 6.07) is 13.9. The minimum absolute atomic E-state index is 0.264. The summed E-state index contributed by atoms with van der Waals surface area (Å²) in [7, 11) is 1.51. The number of nitro benzene ring substituents is 1. The van der Waals surface area contributed by atoms with Crippen molar-refractivity contribution < 1.29 is 24.3 Å². The van der Waals surface area contributed by atoms with E-state index in [0.29, 0.717) is 28.7 Å². The van der Waals surface area contributed by atoms with Crippen LogP contribution in [-0.2, 0) is 6.61 Å². The molecule has 11 heteroatoms. The number of carbonyl (C=O) groups is 1. The number of halogens is 2. The summed E-state index contributed by atoms with van der Waals surface area (Å²) >= 11 is 8.00. The summed E-state index contributed by atoms with van der Waals surface area (Å²) in [5, 5.41) is 25.2. The van der Waals surface area contributed by atoms with Crippen molar-refractivity contribution in [3.8, 4) is 17.2 Å². The van der Waals surface area contributed by atoms with Gasteiger partial charge in [-0.15, -0.1) is 0 Å². The molecule has 170 valence electrons. The fourth-order valence-electron chi connectivity index (χ4n) is 2.74. The first kappa shape index (κ1) is 24.3. The number of non-ortho nitro benzene ring substituents is 1. The number of nitrogens with zero attached hydrogens (tertiary/aromatic N) is 2. The first-order chi connectivity index (χ1) is 15.8. The number of phenolic OH excluding ortho intramolecular Hbond substituents is 1. The van der Waals surface area contributed by atoms with E-state index in [4.69, 9.17) is 21.1 Å². The molecule has 3 rings (SSSR count). The van der Waals surface area contributed by atoms with Gasteiger partial charge in [-0.05, 0) is 64.0 Å². The number of hydrogen-bond acceptors (Lipinski definition) is 7. The average Bonchev–Trinajstić information content (AvgIpc) is 2.79. The molecule has 2 N–H and O–H groups in total. The van der Waals surface area contributed by atoms with Gasteiger partial charge in [-0.2, -0.15) is 5.10 Å². The van der Waals surface area contributed by atoms with Gasteiger partial charge in [0.2, 0.25) is 0 Å². The van der Waals surface area contributed by atoms with Crippen molar-refractivity contribution in [1.82, 2.24) is 5.43 Å². The highest BCUT2D eigenvalue weighted by molar-refractivity contribution is 14.1. The summed E-state index contributed by atoms with van der Waals surface area (Å²) < 4.78 is 12.1. The summed E-state index contributed by atoms with van der Waals surface area (Å²) in [4.78, 5) is 22.5. The van der Waals surface area contributed by atoms with Gasteiger partial charge in [-0.1, -0.05) is 23.7 Å². The molecule has 0 radical (unpaired) electrons. The molecule has 0 fully saturated rings. The van der Waals surface area contributed by atoms with Crippen molar-refractivity contribution in [2.45, 2.75) is 6.61 Å². The van der Waals surface area contributed by atoms with Crippen LogP contribution in [0.4, 0.5) is 5.69 Å².